The van der Waals surface area contributed by atoms with Gasteiger partial charge in [0.15, 0.2) is 10.8 Å². The molecule has 2 aliphatic rings. The maximum atomic E-state index is 12.4. The summed E-state index contributed by atoms with van der Waals surface area (Å²) in [5.74, 6) is -0.492. The highest BCUT2D eigenvalue weighted by atomic mass is 35.5. The maximum Gasteiger partial charge on any atom is 0.346 e. The molecule has 0 radical (unpaired) electrons. The van der Waals surface area contributed by atoms with Gasteiger partial charge in [0.2, 0.25) is 4.33 Å². The zero-order chi connectivity index (χ0) is 19.1. The van der Waals surface area contributed by atoms with Gasteiger partial charge in [0.25, 0.3) is 0 Å². The van der Waals surface area contributed by atoms with E-state index in [1.165, 1.54) is 30.4 Å². The molecule has 1 aromatic rings. The largest absolute Gasteiger partial charge is 0.462 e. The number of rotatable bonds is 4. The van der Waals surface area contributed by atoms with Crippen molar-refractivity contribution >= 4 is 57.6 Å². The van der Waals surface area contributed by atoms with Crippen molar-refractivity contribution in [2.24, 2.45) is 5.10 Å². The zero-order valence-electron chi connectivity index (χ0n) is 14.8. The van der Waals surface area contributed by atoms with Gasteiger partial charge in [-0.15, -0.1) is 0 Å². The highest BCUT2D eigenvalue weighted by Crippen LogP contribution is 2.58. The predicted octanol–water partition coefficient (Wildman–Crippen LogP) is 3.88. The third kappa shape index (κ3) is 3.10. The molecule has 0 aromatic heterocycles. The second kappa shape index (κ2) is 7.17. The van der Waals surface area contributed by atoms with Crippen molar-refractivity contribution in [3.63, 3.8) is 0 Å². The lowest BCUT2D eigenvalue weighted by molar-refractivity contribution is -0.137. The van der Waals surface area contributed by atoms with Gasteiger partial charge in [-0.2, -0.15) is 5.10 Å². The Morgan fingerprint density at radius 2 is 1.92 bits per heavy atom. The number of thioether (sulfide) groups is 2. The van der Waals surface area contributed by atoms with Crippen LogP contribution in [0.25, 0.3) is 0 Å². The number of hydrogen-bond donors (Lipinski definition) is 0. The molecule has 2 heterocycles. The van der Waals surface area contributed by atoms with Gasteiger partial charge >= 0.3 is 5.97 Å². The molecule has 0 amide bonds. The van der Waals surface area contributed by atoms with E-state index in [4.69, 9.17) is 16.3 Å². The Hall–Kier alpha value is -1.64. The van der Waals surface area contributed by atoms with E-state index in [-0.39, 0.29) is 11.8 Å². The molecule has 1 spiro atoms. The summed E-state index contributed by atoms with van der Waals surface area (Å²) in [5, 5.41) is 7.28. The first-order chi connectivity index (χ1) is 12.3. The normalized spacial score (nSPS) is 22.3. The summed E-state index contributed by atoms with van der Waals surface area (Å²) >= 11 is 8.65. The molecule has 0 fully saturated rings. The van der Waals surface area contributed by atoms with Crippen molar-refractivity contribution in [3.8, 4) is 0 Å². The van der Waals surface area contributed by atoms with E-state index >= 15 is 0 Å². The Labute approximate surface area is 165 Å². The average Bonchev–Trinajstić information content (AvgIpc) is 3.11. The van der Waals surface area contributed by atoms with Crippen LogP contribution >= 0.6 is 35.1 Å². The maximum absolute atomic E-state index is 12.4. The minimum Gasteiger partial charge on any atom is -0.462 e. The second-order valence-corrected chi connectivity index (χ2v) is 8.73. The number of esters is 1. The van der Waals surface area contributed by atoms with Crippen LogP contribution in [0.5, 0.6) is 0 Å². The molecule has 138 valence electrons. The number of hydrogen-bond acceptors (Lipinski definition) is 8. The summed E-state index contributed by atoms with van der Waals surface area (Å²) in [7, 11) is 1.88. The monoisotopic (exact) mass is 411 g/mol. The summed E-state index contributed by atoms with van der Waals surface area (Å²) in [6, 6.07) is 7.21. The first kappa shape index (κ1) is 19.1. The van der Waals surface area contributed by atoms with Crippen LogP contribution in [0.4, 0.5) is 5.69 Å². The van der Waals surface area contributed by atoms with Gasteiger partial charge in [-0.1, -0.05) is 23.4 Å². The second-order valence-electron chi connectivity index (χ2n) is 5.70. The van der Waals surface area contributed by atoms with E-state index in [9.17, 15) is 9.59 Å². The Morgan fingerprint density at radius 3 is 2.50 bits per heavy atom. The van der Waals surface area contributed by atoms with Crippen molar-refractivity contribution in [1.82, 2.24) is 4.90 Å². The van der Waals surface area contributed by atoms with Crippen molar-refractivity contribution in [3.05, 3.63) is 39.9 Å². The molecule has 3 rings (SSSR count). The highest BCUT2D eigenvalue weighted by Gasteiger charge is 2.56. The number of benzene rings is 1. The molecule has 1 aromatic carbocycles. The zero-order valence-corrected chi connectivity index (χ0v) is 17.2. The first-order valence-corrected chi connectivity index (χ1v) is 9.96. The number of nitrogens with zero attached hydrogens (tertiary/aromatic N) is 3. The third-order valence-electron chi connectivity index (χ3n) is 4.01. The topological polar surface area (TPSA) is 62.2 Å². The molecule has 0 unspecified atom stereocenters. The summed E-state index contributed by atoms with van der Waals surface area (Å²) < 4.78 is 4.38. The van der Waals surface area contributed by atoms with Crippen LogP contribution in [0.15, 0.2) is 40.0 Å². The van der Waals surface area contributed by atoms with Gasteiger partial charge in [-0.3, -0.25) is 4.79 Å². The lowest BCUT2D eigenvalue weighted by Gasteiger charge is -2.39. The quantitative estimate of drug-likeness (QED) is 0.696. The first-order valence-electron chi connectivity index (χ1n) is 7.95. The van der Waals surface area contributed by atoms with Crippen LogP contribution in [0.3, 0.4) is 0 Å². The lowest BCUT2D eigenvalue weighted by Crippen LogP contribution is -2.47. The van der Waals surface area contributed by atoms with Gasteiger partial charge in [0.05, 0.1) is 12.3 Å². The molecular weight excluding hydrogens is 394 g/mol. The Bertz CT molecular complexity index is 825. The molecular formula is C17H18ClN3O3S2. The number of anilines is 1. The molecule has 0 saturated heterocycles. The molecule has 6 nitrogen and oxygen atoms in total. The number of allylic oxidation sites excluding steroid dienone is 1. The van der Waals surface area contributed by atoms with Crippen LogP contribution in [0, 0.1) is 0 Å². The van der Waals surface area contributed by atoms with Crippen molar-refractivity contribution in [2.45, 2.75) is 25.1 Å². The minimum atomic E-state index is -0.805. The number of hydrazone groups is 1. The summed E-state index contributed by atoms with van der Waals surface area (Å²) in [6.45, 7) is 5.42. The molecule has 2 aliphatic heterocycles. The molecule has 0 bridgehead atoms. The standard InChI is InChI=1S/C17H18ClN3O3S2/c1-5-24-16(23)14-10(2)20(4)17(25-14)21(19-15(26-17)11(3)22)13-8-6-12(18)7-9-13/h6-9H,5H2,1-4H3/t17-/m1/s1. The van der Waals surface area contributed by atoms with E-state index in [2.05, 4.69) is 5.10 Å². The molecule has 0 saturated carbocycles. The molecule has 0 aliphatic carbocycles. The van der Waals surface area contributed by atoms with Gasteiger partial charge in [0.1, 0.15) is 4.91 Å². The number of ether oxygens (including phenoxy) is 1. The summed E-state index contributed by atoms with van der Waals surface area (Å²) in [5.41, 5.74) is 1.55. The number of halogens is 1. The fourth-order valence-corrected chi connectivity index (χ4v) is 5.59. The van der Waals surface area contributed by atoms with Gasteiger partial charge < -0.3 is 9.64 Å². The molecule has 0 N–H and O–H groups in total. The highest BCUT2D eigenvalue weighted by molar-refractivity contribution is 8.28. The van der Waals surface area contributed by atoms with Crippen molar-refractivity contribution < 1.29 is 14.3 Å². The Kier molecular flexibility index (Phi) is 5.28. The van der Waals surface area contributed by atoms with Crippen molar-refractivity contribution in [2.75, 3.05) is 18.7 Å². The van der Waals surface area contributed by atoms with Crippen molar-refractivity contribution in [1.29, 1.82) is 0 Å². The van der Waals surface area contributed by atoms with Crippen LogP contribution in [-0.2, 0) is 14.3 Å². The SMILES string of the molecule is CCOC(=O)C1=C(C)N(C)[C@]2(SC(C(C)=O)=NN2c2ccc(Cl)cc2)S1. The molecule has 1 atom stereocenters. The predicted molar refractivity (Wildman–Crippen MR) is 107 cm³/mol. The lowest BCUT2D eigenvalue weighted by atomic mass is 10.3. The van der Waals surface area contributed by atoms with Gasteiger partial charge in [-0.05, 0) is 49.9 Å². The number of carbonyl (C=O) groups is 2. The van der Waals surface area contributed by atoms with E-state index < -0.39 is 4.33 Å². The Balaban J connectivity index is 2.03. The van der Waals surface area contributed by atoms with E-state index in [0.717, 1.165) is 11.4 Å². The number of ketones is 1. The van der Waals surface area contributed by atoms with Crippen LogP contribution in [0.1, 0.15) is 20.8 Å². The van der Waals surface area contributed by atoms with Gasteiger partial charge in [-0.25, -0.2) is 9.80 Å². The number of carbonyl (C=O) groups excluding carboxylic acids is 2. The summed E-state index contributed by atoms with van der Waals surface area (Å²) in [4.78, 5) is 26.8. The molecule has 9 heteroatoms. The third-order valence-corrected chi connectivity index (χ3v) is 7.42. The van der Waals surface area contributed by atoms with E-state index in [0.29, 0.717) is 21.6 Å². The van der Waals surface area contributed by atoms with Crippen LogP contribution in [0.2, 0.25) is 5.02 Å². The van der Waals surface area contributed by atoms with E-state index in [1.807, 2.05) is 31.0 Å². The summed E-state index contributed by atoms with van der Waals surface area (Å²) in [6.07, 6.45) is 0. The van der Waals surface area contributed by atoms with Crippen LogP contribution < -0.4 is 5.01 Å². The van der Waals surface area contributed by atoms with Gasteiger partial charge in [0, 0.05) is 24.7 Å². The fourth-order valence-electron chi connectivity index (χ4n) is 2.59. The number of Topliss-reactive ketones (excluding diaryl/α,β-unsaturated/α-hetero) is 1. The Morgan fingerprint density at radius 1 is 1.27 bits per heavy atom. The van der Waals surface area contributed by atoms with Crippen LogP contribution in [-0.4, -0.2) is 39.7 Å². The van der Waals surface area contributed by atoms with E-state index in [1.54, 1.807) is 24.1 Å². The fraction of sp³-hybridized carbons (Fsp3) is 0.353. The average molecular weight is 412 g/mol. The molecule has 26 heavy (non-hydrogen) atoms. The smallest absolute Gasteiger partial charge is 0.346 e. The minimum absolute atomic E-state index is 0.123.